The number of hydrogen-bond donors (Lipinski definition) is 2. The Balaban J connectivity index is 2.17. The van der Waals surface area contributed by atoms with Crippen LogP contribution in [0.2, 0.25) is 0 Å². The van der Waals surface area contributed by atoms with E-state index in [0.717, 1.165) is 5.01 Å². The normalized spacial score (nSPS) is 10.3. The number of amides is 3. The standard InChI is InChI=1S/C19H22FN3O4/c1-13(2)12-27-19(25)22-23(16-8-10-17(26-3)11-9-16)18(24)21-15-6-4-14(20)5-7-15/h4-11,13H,12H2,1-3H3,(H,21,24)(H,22,25). The van der Waals surface area contributed by atoms with E-state index in [4.69, 9.17) is 9.47 Å². The molecule has 0 aliphatic heterocycles. The third-order valence-electron chi connectivity index (χ3n) is 3.38. The zero-order valence-corrected chi connectivity index (χ0v) is 15.4. The molecule has 7 nitrogen and oxygen atoms in total. The Hall–Kier alpha value is -3.29. The minimum absolute atomic E-state index is 0.151. The highest BCUT2D eigenvalue weighted by atomic mass is 19.1. The zero-order chi connectivity index (χ0) is 19.8. The highest BCUT2D eigenvalue weighted by molar-refractivity contribution is 6.02. The molecular formula is C19H22FN3O4. The molecule has 0 saturated heterocycles. The lowest BCUT2D eigenvalue weighted by Gasteiger charge is -2.23. The summed E-state index contributed by atoms with van der Waals surface area (Å²) in [5.41, 5.74) is 3.16. The first-order chi connectivity index (χ1) is 12.9. The molecular weight excluding hydrogens is 353 g/mol. The molecule has 0 spiro atoms. The van der Waals surface area contributed by atoms with Crippen LogP contribution in [-0.4, -0.2) is 25.8 Å². The van der Waals surface area contributed by atoms with Gasteiger partial charge in [-0.05, 0) is 54.4 Å². The van der Waals surface area contributed by atoms with Crippen LogP contribution in [0.25, 0.3) is 0 Å². The number of urea groups is 1. The first-order valence-corrected chi connectivity index (χ1v) is 8.33. The number of ether oxygens (including phenoxy) is 2. The first-order valence-electron chi connectivity index (χ1n) is 8.33. The highest BCUT2D eigenvalue weighted by Gasteiger charge is 2.20. The molecule has 8 heteroatoms. The smallest absolute Gasteiger partial charge is 0.426 e. The Bertz CT molecular complexity index is 764. The third-order valence-corrected chi connectivity index (χ3v) is 3.38. The second kappa shape index (κ2) is 9.42. The second-order valence-electron chi connectivity index (χ2n) is 6.07. The van der Waals surface area contributed by atoms with Crippen molar-refractivity contribution in [2.45, 2.75) is 13.8 Å². The molecule has 2 aromatic rings. The summed E-state index contributed by atoms with van der Waals surface area (Å²) in [4.78, 5) is 24.7. The van der Waals surface area contributed by atoms with Crippen LogP contribution in [-0.2, 0) is 4.74 Å². The molecule has 0 radical (unpaired) electrons. The predicted molar refractivity (Wildman–Crippen MR) is 100 cm³/mol. The lowest BCUT2D eigenvalue weighted by atomic mass is 10.2. The Morgan fingerprint density at radius 1 is 1.07 bits per heavy atom. The fourth-order valence-electron chi connectivity index (χ4n) is 2.04. The summed E-state index contributed by atoms with van der Waals surface area (Å²) in [7, 11) is 1.52. The van der Waals surface area contributed by atoms with Crippen molar-refractivity contribution in [2.24, 2.45) is 5.92 Å². The van der Waals surface area contributed by atoms with Crippen molar-refractivity contribution in [1.29, 1.82) is 0 Å². The molecule has 0 saturated carbocycles. The van der Waals surface area contributed by atoms with Crippen LogP contribution in [0.3, 0.4) is 0 Å². The number of hydrazine groups is 1. The van der Waals surface area contributed by atoms with Gasteiger partial charge in [0.1, 0.15) is 11.6 Å². The number of carbonyl (C=O) groups excluding carboxylic acids is 2. The summed E-state index contributed by atoms with van der Waals surface area (Å²) >= 11 is 0. The van der Waals surface area contributed by atoms with Gasteiger partial charge in [-0.2, -0.15) is 5.01 Å². The molecule has 0 bridgehead atoms. The molecule has 0 aromatic heterocycles. The molecule has 2 rings (SSSR count). The molecule has 3 amide bonds. The van der Waals surface area contributed by atoms with Gasteiger partial charge in [0.05, 0.1) is 19.4 Å². The van der Waals surface area contributed by atoms with Crippen LogP contribution >= 0.6 is 0 Å². The van der Waals surface area contributed by atoms with Gasteiger partial charge in [0.15, 0.2) is 0 Å². The number of carbonyl (C=O) groups is 2. The van der Waals surface area contributed by atoms with Crippen LogP contribution < -0.4 is 20.5 Å². The Labute approximate surface area is 157 Å². The quantitative estimate of drug-likeness (QED) is 0.769. The molecule has 0 heterocycles. The summed E-state index contributed by atoms with van der Waals surface area (Å²) in [6.07, 6.45) is -0.770. The fraction of sp³-hybridized carbons (Fsp3) is 0.263. The summed E-state index contributed by atoms with van der Waals surface area (Å²) in [6, 6.07) is 11.1. The van der Waals surface area contributed by atoms with Crippen molar-refractivity contribution in [3.8, 4) is 5.75 Å². The molecule has 0 unspecified atom stereocenters. The first kappa shape index (κ1) is 20.0. The Kier molecular flexibility index (Phi) is 6.99. The van der Waals surface area contributed by atoms with Gasteiger partial charge in [-0.15, -0.1) is 0 Å². The van der Waals surface area contributed by atoms with E-state index in [-0.39, 0.29) is 12.5 Å². The number of anilines is 2. The van der Waals surface area contributed by atoms with E-state index in [1.54, 1.807) is 24.3 Å². The van der Waals surface area contributed by atoms with E-state index in [1.165, 1.54) is 31.4 Å². The molecule has 0 aliphatic carbocycles. The fourth-order valence-corrected chi connectivity index (χ4v) is 2.04. The van der Waals surface area contributed by atoms with Crippen molar-refractivity contribution < 1.29 is 23.5 Å². The number of benzene rings is 2. The summed E-state index contributed by atoms with van der Waals surface area (Å²) in [5.74, 6) is 0.327. The summed E-state index contributed by atoms with van der Waals surface area (Å²) in [6.45, 7) is 4.01. The minimum Gasteiger partial charge on any atom is -0.497 e. The van der Waals surface area contributed by atoms with Gasteiger partial charge < -0.3 is 14.8 Å². The molecule has 0 fully saturated rings. The highest BCUT2D eigenvalue weighted by Crippen LogP contribution is 2.19. The molecule has 144 valence electrons. The zero-order valence-electron chi connectivity index (χ0n) is 15.4. The van der Waals surface area contributed by atoms with Crippen molar-refractivity contribution in [2.75, 3.05) is 24.0 Å². The average molecular weight is 375 g/mol. The topological polar surface area (TPSA) is 79.9 Å². The lowest BCUT2D eigenvalue weighted by Crippen LogP contribution is -2.49. The summed E-state index contributed by atoms with van der Waals surface area (Å²) < 4.78 is 23.2. The van der Waals surface area contributed by atoms with Crippen molar-refractivity contribution in [3.63, 3.8) is 0 Å². The Morgan fingerprint density at radius 2 is 1.70 bits per heavy atom. The van der Waals surface area contributed by atoms with Crippen LogP contribution in [0, 0.1) is 11.7 Å². The van der Waals surface area contributed by atoms with Crippen LogP contribution in [0.5, 0.6) is 5.75 Å². The molecule has 0 aliphatic rings. The van der Waals surface area contributed by atoms with E-state index in [9.17, 15) is 14.0 Å². The van der Waals surface area contributed by atoms with Crippen LogP contribution in [0.1, 0.15) is 13.8 Å². The average Bonchev–Trinajstić information content (AvgIpc) is 2.66. The number of methoxy groups -OCH3 is 1. The number of nitrogens with zero attached hydrogens (tertiary/aromatic N) is 1. The number of rotatable bonds is 5. The minimum atomic E-state index is -0.770. The largest absolute Gasteiger partial charge is 0.497 e. The molecule has 0 atom stereocenters. The predicted octanol–water partition coefficient (Wildman–Crippen LogP) is 4.17. The van der Waals surface area contributed by atoms with E-state index in [2.05, 4.69) is 10.7 Å². The van der Waals surface area contributed by atoms with E-state index >= 15 is 0 Å². The number of halogens is 1. The van der Waals surface area contributed by atoms with Crippen LogP contribution in [0.15, 0.2) is 48.5 Å². The molecule has 2 N–H and O–H groups in total. The lowest BCUT2D eigenvalue weighted by molar-refractivity contribution is 0.132. The maximum Gasteiger partial charge on any atom is 0.426 e. The molecule has 27 heavy (non-hydrogen) atoms. The van der Waals surface area contributed by atoms with Gasteiger partial charge in [0.2, 0.25) is 0 Å². The van der Waals surface area contributed by atoms with E-state index < -0.39 is 17.9 Å². The van der Waals surface area contributed by atoms with E-state index in [1.807, 2.05) is 13.8 Å². The number of nitrogens with one attached hydrogen (secondary N) is 2. The van der Waals surface area contributed by atoms with Crippen molar-refractivity contribution >= 4 is 23.5 Å². The van der Waals surface area contributed by atoms with Crippen LogP contribution in [0.4, 0.5) is 25.4 Å². The van der Waals surface area contributed by atoms with Crippen molar-refractivity contribution in [1.82, 2.24) is 5.43 Å². The Morgan fingerprint density at radius 3 is 2.26 bits per heavy atom. The van der Waals surface area contributed by atoms with Gasteiger partial charge >= 0.3 is 12.1 Å². The third kappa shape index (κ3) is 6.18. The van der Waals surface area contributed by atoms with Gasteiger partial charge in [-0.3, -0.25) is 0 Å². The number of hydrogen-bond acceptors (Lipinski definition) is 4. The maximum atomic E-state index is 13.0. The summed E-state index contributed by atoms with van der Waals surface area (Å²) in [5, 5.41) is 3.59. The van der Waals surface area contributed by atoms with E-state index in [0.29, 0.717) is 17.1 Å². The molecule has 2 aromatic carbocycles. The SMILES string of the molecule is COc1ccc(N(NC(=O)OCC(C)C)C(=O)Nc2ccc(F)cc2)cc1. The van der Waals surface area contributed by atoms with Gasteiger partial charge in [0, 0.05) is 5.69 Å². The van der Waals surface area contributed by atoms with Gasteiger partial charge in [0.25, 0.3) is 0 Å². The van der Waals surface area contributed by atoms with Crippen molar-refractivity contribution in [3.05, 3.63) is 54.3 Å². The second-order valence-corrected chi connectivity index (χ2v) is 6.07. The maximum absolute atomic E-state index is 13.0. The van der Waals surface area contributed by atoms with Gasteiger partial charge in [-0.25, -0.2) is 19.4 Å². The monoisotopic (exact) mass is 375 g/mol. The van der Waals surface area contributed by atoms with Gasteiger partial charge in [-0.1, -0.05) is 13.8 Å².